The van der Waals surface area contributed by atoms with Crippen LogP contribution >= 0.6 is 11.8 Å². The van der Waals surface area contributed by atoms with Crippen LogP contribution in [0.1, 0.15) is 22.2 Å². The number of aliphatic hydroxyl groups is 1. The average molecular weight is 199 g/mol. The first kappa shape index (κ1) is 8.80. The number of hydrogen-bond acceptors (Lipinski definition) is 5. The van der Waals surface area contributed by atoms with Crippen LogP contribution in [-0.4, -0.2) is 23.2 Å². The number of carbonyl (C=O) groups is 1. The van der Waals surface area contributed by atoms with Gasteiger partial charge in [-0.05, 0) is 0 Å². The molecule has 2 rings (SSSR count). The van der Waals surface area contributed by atoms with Gasteiger partial charge in [0.25, 0.3) is 0 Å². The van der Waals surface area contributed by atoms with Crippen LogP contribution < -0.4 is 5.73 Å². The molecule has 0 bridgehead atoms. The number of aliphatic hydroxyl groups excluding tert-OH is 1. The van der Waals surface area contributed by atoms with E-state index >= 15 is 0 Å². The molecule has 0 saturated heterocycles. The van der Waals surface area contributed by atoms with Crippen molar-refractivity contribution in [3.8, 4) is 0 Å². The lowest BCUT2D eigenvalue weighted by Gasteiger charge is -2.23. The van der Waals surface area contributed by atoms with Gasteiger partial charge in [0, 0.05) is 17.4 Å². The van der Waals surface area contributed by atoms with E-state index in [0.717, 1.165) is 4.90 Å². The fourth-order valence-corrected chi connectivity index (χ4v) is 2.43. The van der Waals surface area contributed by atoms with Gasteiger partial charge in [0.15, 0.2) is 12.0 Å². The van der Waals surface area contributed by atoms with Crippen LogP contribution in [0.4, 0.5) is 0 Å². The third kappa shape index (κ3) is 1.29. The highest BCUT2D eigenvalue weighted by Gasteiger charge is 2.29. The van der Waals surface area contributed by atoms with Crippen LogP contribution in [0.5, 0.6) is 0 Å². The molecule has 3 N–H and O–H groups in total. The molecule has 0 radical (unpaired) electrons. The standard InChI is InChI=1S/C8H9NO3S/c9-5-3-13-8-4(7(5)11)2-12-6(8)1-10/h1-2,5,7,11H,3,9H2. The monoisotopic (exact) mass is 199 g/mol. The number of carbonyl (C=O) groups excluding carboxylic acids is 1. The van der Waals surface area contributed by atoms with Gasteiger partial charge in [-0.15, -0.1) is 11.8 Å². The molecule has 1 aliphatic heterocycles. The number of hydrogen-bond donors (Lipinski definition) is 2. The van der Waals surface area contributed by atoms with Crippen molar-refractivity contribution in [1.82, 2.24) is 0 Å². The molecule has 1 aromatic rings. The molecule has 2 atom stereocenters. The molecule has 2 heterocycles. The zero-order chi connectivity index (χ0) is 9.42. The molecule has 0 aliphatic carbocycles. The quantitative estimate of drug-likeness (QED) is 0.646. The molecule has 0 spiro atoms. The Morgan fingerprint density at radius 1 is 1.77 bits per heavy atom. The highest BCUT2D eigenvalue weighted by Crippen LogP contribution is 2.38. The van der Waals surface area contributed by atoms with Crippen molar-refractivity contribution in [1.29, 1.82) is 0 Å². The summed E-state index contributed by atoms with van der Waals surface area (Å²) in [6.07, 6.45) is 1.33. The van der Waals surface area contributed by atoms with Gasteiger partial charge in [-0.25, -0.2) is 0 Å². The number of aldehydes is 1. The van der Waals surface area contributed by atoms with Gasteiger partial charge >= 0.3 is 0 Å². The van der Waals surface area contributed by atoms with Crippen LogP contribution in [0.25, 0.3) is 0 Å². The van der Waals surface area contributed by atoms with E-state index in [-0.39, 0.29) is 11.8 Å². The van der Waals surface area contributed by atoms with E-state index in [9.17, 15) is 9.90 Å². The Bertz CT molecular complexity index is 336. The molecule has 1 aromatic heterocycles. The smallest absolute Gasteiger partial charge is 0.186 e. The van der Waals surface area contributed by atoms with Gasteiger partial charge in [-0.1, -0.05) is 0 Å². The lowest BCUT2D eigenvalue weighted by Crippen LogP contribution is -2.33. The Morgan fingerprint density at radius 3 is 3.23 bits per heavy atom. The lowest BCUT2D eigenvalue weighted by atomic mass is 10.1. The molecule has 0 aromatic carbocycles. The maximum atomic E-state index is 10.5. The Morgan fingerprint density at radius 2 is 2.54 bits per heavy atom. The van der Waals surface area contributed by atoms with Gasteiger partial charge in [0.1, 0.15) is 0 Å². The third-order valence-corrected chi connectivity index (χ3v) is 3.33. The Kier molecular flexibility index (Phi) is 2.15. The zero-order valence-corrected chi connectivity index (χ0v) is 7.58. The number of nitrogens with two attached hydrogens (primary N) is 1. The van der Waals surface area contributed by atoms with Crippen molar-refractivity contribution < 1.29 is 14.3 Å². The van der Waals surface area contributed by atoms with Gasteiger partial charge in [-0.3, -0.25) is 4.79 Å². The van der Waals surface area contributed by atoms with Crippen LogP contribution in [0.15, 0.2) is 15.6 Å². The molecule has 4 nitrogen and oxygen atoms in total. The van der Waals surface area contributed by atoms with Crippen molar-refractivity contribution in [3.63, 3.8) is 0 Å². The van der Waals surface area contributed by atoms with Crippen molar-refractivity contribution >= 4 is 18.0 Å². The first-order valence-electron chi connectivity index (χ1n) is 3.87. The average Bonchev–Trinajstić information content (AvgIpc) is 2.55. The summed E-state index contributed by atoms with van der Waals surface area (Å²) >= 11 is 1.45. The van der Waals surface area contributed by atoms with E-state index in [1.165, 1.54) is 18.0 Å². The first-order chi connectivity index (χ1) is 6.24. The molecular formula is C8H9NO3S. The second kappa shape index (κ2) is 3.17. The van der Waals surface area contributed by atoms with Crippen molar-refractivity contribution in [2.24, 2.45) is 5.73 Å². The van der Waals surface area contributed by atoms with Crippen molar-refractivity contribution in [2.45, 2.75) is 17.0 Å². The van der Waals surface area contributed by atoms with E-state index < -0.39 is 6.10 Å². The molecule has 1 aliphatic rings. The second-order valence-electron chi connectivity index (χ2n) is 2.92. The van der Waals surface area contributed by atoms with E-state index in [2.05, 4.69) is 0 Å². The largest absolute Gasteiger partial charge is 0.460 e. The summed E-state index contributed by atoms with van der Waals surface area (Å²) in [5.41, 5.74) is 6.27. The minimum atomic E-state index is -0.714. The van der Waals surface area contributed by atoms with Crippen LogP contribution in [-0.2, 0) is 0 Å². The Balaban J connectivity index is 2.45. The highest BCUT2D eigenvalue weighted by atomic mass is 32.2. The van der Waals surface area contributed by atoms with Gasteiger partial charge in [-0.2, -0.15) is 0 Å². The topological polar surface area (TPSA) is 76.5 Å². The molecule has 5 heteroatoms. The minimum absolute atomic E-state index is 0.283. The van der Waals surface area contributed by atoms with Crippen molar-refractivity contribution in [3.05, 3.63) is 17.6 Å². The fraction of sp³-hybridized carbons (Fsp3) is 0.375. The number of rotatable bonds is 1. The molecule has 0 saturated carbocycles. The Hall–Kier alpha value is -0.780. The van der Waals surface area contributed by atoms with Gasteiger partial charge < -0.3 is 15.3 Å². The summed E-state index contributed by atoms with van der Waals surface area (Å²) < 4.78 is 4.98. The number of furan rings is 1. The van der Waals surface area contributed by atoms with Gasteiger partial charge in [0.2, 0.25) is 0 Å². The summed E-state index contributed by atoms with van der Waals surface area (Å²) in [5.74, 6) is 0.889. The van der Waals surface area contributed by atoms with E-state index in [1.54, 1.807) is 0 Å². The maximum absolute atomic E-state index is 10.5. The molecule has 70 valence electrons. The van der Waals surface area contributed by atoms with Crippen LogP contribution in [0.2, 0.25) is 0 Å². The highest BCUT2D eigenvalue weighted by molar-refractivity contribution is 7.99. The summed E-state index contributed by atoms with van der Waals surface area (Å²) in [5, 5.41) is 9.62. The number of fused-ring (bicyclic) bond motifs is 1. The molecule has 2 unspecified atom stereocenters. The molecule has 0 amide bonds. The lowest BCUT2D eigenvalue weighted by molar-refractivity contribution is 0.109. The van der Waals surface area contributed by atoms with E-state index in [1.807, 2.05) is 0 Å². The van der Waals surface area contributed by atoms with Crippen LogP contribution in [0, 0.1) is 0 Å². The maximum Gasteiger partial charge on any atom is 0.186 e. The summed E-state index contributed by atoms with van der Waals surface area (Å²) in [6.45, 7) is 0. The molecule has 13 heavy (non-hydrogen) atoms. The third-order valence-electron chi connectivity index (χ3n) is 2.05. The molecule has 0 fully saturated rings. The Labute approximate surface area is 79.1 Å². The summed E-state index contributed by atoms with van der Waals surface area (Å²) in [6, 6.07) is -0.283. The normalized spacial score (nSPS) is 26.9. The van der Waals surface area contributed by atoms with Crippen molar-refractivity contribution in [2.75, 3.05) is 5.75 Å². The first-order valence-corrected chi connectivity index (χ1v) is 4.85. The van der Waals surface area contributed by atoms with Gasteiger partial charge in [0.05, 0.1) is 17.3 Å². The van der Waals surface area contributed by atoms with Crippen LogP contribution in [0.3, 0.4) is 0 Å². The number of thioether (sulfide) groups is 1. The zero-order valence-electron chi connectivity index (χ0n) is 6.77. The molecular weight excluding hydrogens is 190 g/mol. The fourth-order valence-electron chi connectivity index (χ4n) is 1.32. The predicted molar refractivity (Wildman–Crippen MR) is 47.8 cm³/mol. The van der Waals surface area contributed by atoms with E-state index in [0.29, 0.717) is 17.6 Å². The minimum Gasteiger partial charge on any atom is -0.460 e. The predicted octanol–water partition coefficient (Wildman–Crippen LogP) is 0.558. The summed E-state index contributed by atoms with van der Waals surface area (Å²) in [7, 11) is 0. The SMILES string of the molecule is NC1CSc2c(coc2C=O)C1O. The summed E-state index contributed by atoms with van der Waals surface area (Å²) in [4.78, 5) is 11.2. The second-order valence-corrected chi connectivity index (χ2v) is 3.95. The van der Waals surface area contributed by atoms with E-state index in [4.69, 9.17) is 10.2 Å².